The van der Waals surface area contributed by atoms with Crippen LogP contribution >= 0.6 is 7.82 Å². The number of nitrogens with one attached hydrogen (secondary N) is 1. The number of aliphatic hydroxyl groups excluding tert-OH is 2. The first-order valence-electron chi connectivity index (χ1n) is 18.6. The van der Waals surface area contributed by atoms with Crippen molar-refractivity contribution in [2.75, 3.05) is 19.0 Å². The topological polar surface area (TPSA) is 176 Å². The van der Waals surface area contributed by atoms with Crippen LogP contribution in [0.1, 0.15) is 143 Å². The number of phosphoric acid groups is 1. The van der Waals surface area contributed by atoms with Crippen LogP contribution in [-0.2, 0) is 38.7 Å². The molecule has 1 fully saturated rings. The van der Waals surface area contributed by atoms with Crippen LogP contribution in [0, 0.1) is 5.82 Å². The Bertz CT molecular complexity index is 1270. The molecule has 0 saturated carbocycles. The minimum Gasteiger partial charge on any atom is -0.387 e. The van der Waals surface area contributed by atoms with Crippen LogP contribution < -0.4 is 11.2 Å². The number of phosphoric ester groups is 1. The van der Waals surface area contributed by atoms with Crippen LogP contribution in [0.3, 0.4) is 0 Å². The molecule has 0 aliphatic carbocycles. The molecule has 2 heterocycles. The maximum Gasteiger partial charge on any atom is 0.502 e. The van der Waals surface area contributed by atoms with Gasteiger partial charge in [0.15, 0.2) is 6.23 Å². The molecule has 1 aromatic rings. The molecule has 292 valence electrons. The fraction of sp³-hybridized carbons (Fsp3) is 0.882. The molecule has 1 aliphatic rings. The predicted octanol–water partition coefficient (Wildman–Crippen LogP) is 6.58. The number of hydrogen-bond donors (Lipinski definition) is 3. The maximum absolute atomic E-state index is 13.9. The van der Waals surface area contributed by atoms with Gasteiger partial charge in [-0.1, -0.05) is 111 Å². The van der Waals surface area contributed by atoms with E-state index in [2.05, 4.69) is 13.8 Å². The summed E-state index contributed by atoms with van der Waals surface area (Å²) in [5.74, 6) is -0.761. The number of H-pyrrole nitrogens is 1. The van der Waals surface area contributed by atoms with Crippen LogP contribution in [0.25, 0.3) is 0 Å². The van der Waals surface area contributed by atoms with Crippen molar-refractivity contribution in [1.82, 2.24) is 9.55 Å². The van der Waals surface area contributed by atoms with Gasteiger partial charge in [-0.05, 0) is 26.2 Å². The smallest absolute Gasteiger partial charge is 0.387 e. The molecule has 3 N–H and O–H groups in total. The largest absolute Gasteiger partial charge is 0.502 e. The summed E-state index contributed by atoms with van der Waals surface area (Å²) in [6, 6.07) is 0. The van der Waals surface area contributed by atoms with Crippen molar-refractivity contribution in [2.45, 2.75) is 173 Å². The summed E-state index contributed by atoms with van der Waals surface area (Å²) in [4.78, 5) is 31.0. The molecule has 13 nitrogen and oxygen atoms in total. The number of nitrogens with zero attached hydrogens (tertiary/aromatic N) is 1. The number of aromatic amines is 1. The first-order chi connectivity index (χ1) is 24.0. The highest BCUT2D eigenvalue weighted by atomic mass is 32.2. The molecule has 4 unspecified atom stereocenters. The van der Waals surface area contributed by atoms with Crippen LogP contribution in [0.4, 0.5) is 4.39 Å². The van der Waals surface area contributed by atoms with E-state index in [0.717, 1.165) is 51.4 Å². The molecule has 1 aliphatic heterocycles. The van der Waals surface area contributed by atoms with Gasteiger partial charge in [0.25, 0.3) is 5.56 Å². The van der Waals surface area contributed by atoms with E-state index in [0.29, 0.717) is 29.4 Å². The molecule has 2 rings (SSSR count). The van der Waals surface area contributed by atoms with Crippen molar-refractivity contribution in [2.24, 2.45) is 0 Å². The van der Waals surface area contributed by atoms with Crippen molar-refractivity contribution in [1.29, 1.82) is 0 Å². The number of hydrogen-bond acceptors (Lipinski definition) is 11. The number of aliphatic hydroxyl groups is 2. The van der Waals surface area contributed by atoms with Gasteiger partial charge in [-0.25, -0.2) is 14.2 Å². The van der Waals surface area contributed by atoms with Gasteiger partial charge in [-0.3, -0.25) is 27.6 Å². The van der Waals surface area contributed by atoms with Gasteiger partial charge in [0.2, 0.25) is 5.82 Å². The van der Waals surface area contributed by atoms with E-state index in [1.54, 1.807) is 18.8 Å². The molecule has 8 atom stereocenters. The number of ether oxygens (including phenoxy) is 1. The normalized spacial score (nSPS) is 22.4. The number of unbranched alkanes of at least 4 members (excludes halogenated alkanes) is 13. The Morgan fingerprint density at radius 2 is 1.48 bits per heavy atom. The van der Waals surface area contributed by atoms with Gasteiger partial charge in [0, 0.05) is 16.6 Å². The summed E-state index contributed by atoms with van der Waals surface area (Å²) < 4.78 is 63.2. The Balaban J connectivity index is 1.98. The molecule has 1 aromatic heterocycles. The SMILES string of the molecule is CCCCCCCCCCCCS(=O)C(CCCCCCC)C(C)OOP(=O)(OCCC)OC[C@H]1O[C@@H](n2cc(F)c(=O)[nH]c2=O)[C@H](O)[C@@H]1O. The zero-order chi connectivity index (χ0) is 36.9. The predicted molar refractivity (Wildman–Crippen MR) is 191 cm³/mol. The van der Waals surface area contributed by atoms with Gasteiger partial charge >= 0.3 is 13.5 Å². The highest BCUT2D eigenvalue weighted by Crippen LogP contribution is 2.51. The highest BCUT2D eigenvalue weighted by molar-refractivity contribution is 7.85. The molecule has 0 bridgehead atoms. The molecule has 0 amide bonds. The monoisotopic (exact) mass is 756 g/mol. The zero-order valence-corrected chi connectivity index (χ0v) is 32.1. The molecule has 16 heteroatoms. The second-order valence-electron chi connectivity index (χ2n) is 13.2. The third kappa shape index (κ3) is 15.8. The van der Waals surface area contributed by atoms with E-state index < -0.39 is 72.9 Å². The van der Waals surface area contributed by atoms with Crippen LogP contribution in [0.15, 0.2) is 15.8 Å². The molecule has 1 saturated heterocycles. The average molecular weight is 757 g/mol. The summed E-state index contributed by atoms with van der Waals surface area (Å²) >= 11 is 0. The Kier molecular flexibility index (Phi) is 22.3. The van der Waals surface area contributed by atoms with Crippen molar-refractivity contribution < 1.29 is 46.7 Å². The summed E-state index contributed by atoms with van der Waals surface area (Å²) in [5, 5.41) is 20.7. The second kappa shape index (κ2) is 24.9. The molecule has 50 heavy (non-hydrogen) atoms. The number of halogens is 1. The number of rotatable bonds is 29. The lowest BCUT2D eigenvalue weighted by Gasteiger charge is -2.25. The Morgan fingerprint density at radius 3 is 2.08 bits per heavy atom. The van der Waals surface area contributed by atoms with E-state index in [4.69, 9.17) is 23.3 Å². The van der Waals surface area contributed by atoms with E-state index in [-0.39, 0.29) is 11.9 Å². The van der Waals surface area contributed by atoms with E-state index in [9.17, 15) is 33.0 Å². The van der Waals surface area contributed by atoms with Crippen molar-refractivity contribution in [3.05, 3.63) is 32.9 Å². The summed E-state index contributed by atoms with van der Waals surface area (Å²) in [5.41, 5.74) is -2.32. The van der Waals surface area contributed by atoms with Gasteiger partial charge in [-0.15, -0.1) is 4.67 Å². The third-order valence-corrected chi connectivity index (χ3v) is 12.0. The first kappa shape index (κ1) is 44.9. The number of aromatic nitrogens is 2. The summed E-state index contributed by atoms with van der Waals surface area (Å²) in [6.45, 7) is 7.21. The van der Waals surface area contributed by atoms with Crippen molar-refractivity contribution >= 4 is 18.6 Å². The van der Waals surface area contributed by atoms with Gasteiger partial charge < -0.3 is 14.9 Å². The van der Waals surface area contributed by atoms with Crippen molar-refractivity contribution in [3.8, 4) is 0 Å². The van der Waals surface area contributed by atoms with Gasteiger partial charge in [0.05, 0.1) is 24.7 Å². The fourth-order valence-electron chi connectivity index (χ4n) is 5.79. The highest BCUT2D eigenvalue weighted by Gasteiger charge is 2.46. The fourth-order valence-corrected chi connectivity index (χ4v) is 8.62. The summed E-state index contributed by atoms with van der Waals surface area (Å²) in [6.07, 6.45) is 11.7. The van der Waals surface area contributed by atoms with E-state index in [1.807, 2.05) is 0 Å². The van der Waals surface area contributed by atoms with Crippen LogP contribution in [-0.4, -0.2) is 72.6 Å². The average Bonchev–Trinajstić information content (AvgIpc) is 3.38. The second-order valence-corrected chi connectivity index (χ2v) is 16.5. The lowest BCUT2D eigenvalue weighted by atomic mass is 10.1. The van der Waals surface area contributed by atoms with Crippen LogP contribution in [0.2, 0.25) is 0 Å². The quantitative estimate of drug-likeness (QED) is 0.0348. The minimum atomic E-state index is -4.43. The Hall–Kier alpha value is -1.29. The summed E-state index contributed by atoms with van der Waals surface area (Å²) in [7, 11) is -5.65. The minimum absolute atomic E-state index is 0.0219. The zero-order valence-electron chi connectivity index (χ0n) is 30.4. The van der Waals surface area contributed by atoms with Gasteiger partial charge in [-0.2, -0.15) is 4.39 Å². The lowest BCUT2D eigenvalue weighted by molar-refractivity contribution is -0.258. The Morgan fingerprint density at radius 1 is 0.900 bits per heavy atom. The van der Waals surface area contributed by atoms with Crippen LogP contribution in [0.5, 0.6) is 0 Å². The standard InChI is InChI=1S/C34H62FN2O11PS/c1-5-8-10-12-13-14-15-16-18-20-23-50(43)29(21-19-17-11-9-6-2)26(4)47-48-49(42,44-22-7-3)45-25-28-30(38)31(39)33(46-28)37-24-27(35)32(40)36-34(37)41/h24,26,28-31,33,38-39H,5-23,25H2,1-4H3,(H,36,40,41)/t26?,28-,29?,30-,31-,33-,49?,50?/m1/s1. The van der Waals surface area contributed by atoms with Gasteiger partial charge in [0.1, 0.15) is 24.4 Å². The Labute approximate surface area is 299 Å². The third-order valence-electron chi connectivity index (χ3n) is 8.82. The van der Waals surface area contributed by atoms with E-state index in [1.165, 1.54) is 44.9 Å². The van der Waals surface area contributed by atoms with Crippen molar-refractivity contribution in [3.63, 3.8) is 0 Å². The molecule has 0 aromatic carbocycles. The molecular formula is C34H62FN2O11PS. The molecular weight excluding hydrogens is 694 g/mol. The maximum atomic E-state index is 13.9. The molecule has 0 spiro atoms. The first-order valence-corrected chi connectivity index (χ1v) is 21.5. The van der Waals surface area contributed by atoms with E-state index >= 15 is 0 Å². The lowest BCUT2D eigenvalue weighted by Crippen LogP contribution is -2.38. The molecule has 0 radical (unpaired) electrons.